The van der Waals surface area contributed by atoms with E-state index < -0.39 is 0 Å². The first kappa shape index (κ1) is 10.6. The van der Waals surface area contributed by atoms with Gasteiger partial charge < -0.3 is 0 Å². The van der Waals surface area contributed by atoms with Crippen LogP contribution in [0.4, 0.5) is 0 Å². The lowest BCUT2D eigenvalue weighted by Crippen LogP contribution is -2.02. The highest BCUT2D eigenvalue weighted by Crippen LogP contribution is 2.06. The zero-order valence-electron chi connectivity index (χ0n) is 8.84. The van der Waals surface area contributed by atoms with E-state index in [1.807, 2.05) is 30.3 Å². The third-order valence-corrected chi connectivity index (χ3v) is 2.31. The molecule has 16 heavy (non-hydrogen) atoms. The molecule has 1 heterocycles. The van der Waals surface area contributed by atoms with Gasteiger partial charge in [-0.25, -0.2) is 0 Å². The van der Waals surface area contributed by atoms with Gasteiger partial charge in [0.1, 0.15) is 0 Å². The monoisotopic (exact) mass is 210 g/mol. The van der Waals surface area contributed by atoms with Crippen molar-refractivity contribution in [1.29, 1.82) is 0 Å². The molecule has 0 aliphatic carbocycles. The summed E-state index contributed by atoms with van der Waals surface area (Å²) in [5.74, 6) is 0.0250. The topological polar surface area (TPSA) is 30.0 Å². The molecular formula is C14H12NO. The highest BCUT2D eigenvalue weighted by Gasteiger charge is 2.05. The number of nitrogens with zero attached hydrogens (tertiary/aromatic N) is 1. The lowest BCUT2D eigenvalue weighted by atomic mass is 10.0. The standard InChI is InChI=1S/C14H12NO/c16-14(13-7-4-10-15-11-13)9-8-12-5-2-1-3-6-12/h1-7,9-11H,8H2. The number of rotatable bonds is 4. The molecule has 0 aliphatic heterocycles. The van der Waals surface area contributed by atoms with Crippen molar-refractivity contribution in [2.75, 3.05) is 0 Å². The second kappa shape index (κ2) is 5.21. The van der Waals surface area contributed by atoms with Crippen LogP contribution < -0.4 is 0 Å². The molecule has 79 valence electrons. The fraction of sp³-hybridized carbons (Fsp3) is 0.0714. The number of carbonyl (C=O) groups is 1. The number of hydrogen-bond donors (Lipinski definition) is 0. The Hall–Kier alpha value is -1.96. The van der Waals surface area contributed by atoms with Crippen LogP contribution in [-0.2, 0) is 6.42 Å². The van der Waals surface area contributed by atoms with Gasteiger partial charge in [-0.1, -0.05) is 30.3 Å². The first-order valence-corrected chi connectivity index (χ1v) is 5.18. The van der Waals surface area contributed by atoms with Crippen LogP contribution in [0.5, 0.6) is 0 Å². The van der Waals surface area contributed by atoms with Crippen molar-refractivity contribution in [2.24, 2.45) is 0 Å². The minimum absolute atomic E-state index is 0.0250. The average molecular weight is 210 g/mol. The van der Waals surface area contributed by atoms with Crippen molar-refractivity contribution in [1.82, 2.24) is 4.98 Å². The Morgan fingerprint density at radius 3 is 2.62 bits per heavy atom. The van der Waals surface area contributed by atoms with Gasteiger partial charge in [0.25, 0.3) is 0 Å². The van der Waals surface area contributed by atoms with Crippen LogP contribution in [0.15, 0.2) is 54.9 Å². The fourth-order valence-electron chi connectivity index (χ4n) is 1.45. The third kappa shape index (κ3) is 2.76. The Bertz CT molecular complexity index is 451. The van der Waals surface area contributed by atoms with Gasteiger partial charge in [0, 0.05) is 24.4 Å². The van der Waals surface area contributed by atoms with Crippen LogP contribution >= 0.6 is 0 Å². The predicted molar refractivity (Wildman–Crippen MR) is 63.0 cm³/mol. The lowest BCUT2D eigenvalue weighted by molar-refractivity contribution is 0.102. The van der Waals surface area contributed by atoms with Gasteiger partial charge in [-0.2, -0.15) is 0 Å². The van der Waals surface area contributed by atoms with Gasteiger partial charge in [0.05, 0.1) is 0 Å². The Balaban J connectivity index is 1.95. The number of Topliss-reactive ketones (excluding diaryl/α,β-unsaturated/α-hetero) is 1. The summed E-state index contributed by atoms with van der Waals surface area (Å²) in [7, 11) is 0. The summed E-state index contributed by atoms with van der Waals surface area (Å²) < 4.78 is 0. The summed E-state index contributed by atoms with van der Waals surface area (Å²) in [6.45, 7) is 0. The second-order valence-corrected chi connectivity index (χ2v) is 3.50. The van der Waals surface area contributed by atoms with E-state index in [1.54, 1.807) is 30.9 Å². The summed E-state index contributed by atoms with van der Waals surface area (Å²) in [4.78, 5) is 15.6. The number of hydrogen-bond acceptors (Lipinski definition) is 2. The number of aromatic nitrogens is 1. The van der Waals surface area contributed by atoms with Gasteiger partial charge in [-0.15, -0.1) is 0 Å². The number of ketones is 1. The molecule has 0 atom stereocenters. The van der Waals surface area contributed by atoms with Gasteiger partial charge in [-0.05, 0) is 24.1 Å². The third-order valence-electron chi connectivity index (χ3n) is 2.31. The van der Waals surface area contributed by atoms with E-state index >= 15 is 0 Å². The van der Waals surface area contributed by atoms with Crippen LogP contribution in [0.2, 0.25) is 0 Å². The first-order valence-electron chi connectivity index (χ1n) is 5.18. The van der Waals surface area contributed by atoms with E-state index in [0.717, 1.165) is 5.56 Å². The maximum atomic E-state index is 11.7. The fourth-order valence-corrected chi connectivity index (χ4v) is 1.45. The van der Waals surface area contributed by atoms with E-state index in [0.29, 0.717) is 12.0 Å². The van der Waals surface area contributed by atoms with Gasteiger partial charge >= 0.3 is 0 Å². The van der Waals surface area contributed by atoms with E-state index in [-0.39, 0.29) is 5.78 Å². The predicted octanol–water partition coefficient (Wildman–Crippen LogP) is 2.71. The van der Waals surface area contributed by atoms with Gasteiger partial charge in [0.15, 0.2) is 5.78 Å². The highest BCUT2D eigenvalue weighted by atomic mass is 16.1. The number of carbonyl (C=O) groups excluding carboxylic acids is 1. The maximum absolute atomic E-state index is 11.7. The van der Waals surface area contributed by atoms with Crippen molar-refractivity contribution < 1.29 is 4.79 Å². The molecule has 0 bridgehead atoms. The maximum Gasteiger partial charge on any atom is 0.168 e. The second-order valence-electron chi connectivity index (χ2n) is 3.50. The van der Waals surface area contributed by atoms with Crippen molar-refractivity contribution in [3.05, 3.63) is 72.4 Å². The quantitative estimate of drug-likeness (QED) is 0.726. The molecule has 2 rings (SSSR count). The zero-order valence-corrected chi connectivity index (χ0v) is 8.84. The van der Waals surface area contributed by atoms with Crippen LogP contribution in [0.25, 0.3) is 0 Å². The molecular weight excluding hydrogens is 198 g/mol. The molecule has 0 fully saturated rings. The Morgan fingerprint density at radius 1 is 1.12 bits per heavy atom. The molecule has 0 unspecified atom stereocenters. The molecule has 0 amide bonds. The van der Waals surface area contributed by atoms with Crippen molar-refractivity contribution in [3.63, 3.8) is 0 Å². The van der Waals surface area contributed by atoms with Crippen LogP contribution in [0, 0.1) is 6.42 Å². The van der Waals surface area contributed by atoms with Crippen LogP contribution in [0.1, 0.15) is 15.9 Å². The van der Waals surface area contributed by atoms with E-state index in [1.165, 1.54) is 0 Å². The van der Waals surface area contributed by atoms with Crippen molar-refractivity contribution >= 4 is 5.78 Å². The van der Waals surface area contributed by atoms with E-state index in [9.17, 15) is 4.79 Å². The minimum Gasteiger partial charge on any atom is -0.294 e. The minimum atomic E-state index is 0.0250. The summed E-state index contributed by atoms with van der Waals surface area (Å²) in [6.07, 6.45) is 5.60. The Morgan fingerprint density at radius 2 is 1.94 bits per heavy atom. The highest BCUT2D eigenvalue weighted by molar-refractivity contribution is 6.02. The smallest absolute Gasteiger partial charge is 0.168 e. The number of benzene rings is 1. The Kier molecular flexibility index (Phi) is 3.44. The van der Waals surface area contributed by atoms with Gasteiger partial charge in [-0.3, -0.25) is 9.78 Å². The van der Waals surface area contributed by atoms with Gasteiger partial charge in [0.2, 0.25) is 0 Å². The molecule has 2 heteroatoms. The normalized spacial score (nSPS) is 10.0. The summed E-state index contributed by atoms with van der Waals surface area (Å²) in [6, 6.07) is 13.5. The summed E-state index contributed by atoms with van der Waals surface area (Å²) in [5, 5.41) is 0. The molecule has 1 radical (unpaired) electrons. The Labute approximate surface area is 95.0 Å². The van der Waals surface area contributed by atoms with E-state index in [2.05, 4.69) is 4.98 Å². The molecule has 1 aromatic carbocycles. The molecule has 0 aliphatic rings. The van der Waals surface area contributed by atoms with Crippen molar-refractivity contribution in [2.45, 2.75) is 6.42 Å². The zero-order chi connectivity index (χ0) is 11.2. The molecule has 0 spiro atoms. The largest absolute Gasteiger partial charge is 0.294 e. The molecule has 0 saturated carbocycles. The summed E-state index contributed by atoms with van der Waals surface area (Å²) >= 11 is 0. The summed E-state index contributed by atoms with van der Waals surface area (Å²) in [5.41, 5.74) is 1.78. The lowest BCUT2D eigenvalue weighted by Gasteiger charge is -2.00. The van der Waals surface area contributed by atoms with Crippen LogP contribution in [0.3, 0.4) is 0 Å². The molecule has 2 aromatic rings. The van der Waals surface area contributed by atoms with Crippen LogP contribution in [-0.4, -0.2) is 10.8 Å². The van der Waals surface area contributed by atoms with Crippen molar-refractivity contribution in [3.8, 4) is 0 Å². The van der Waals surface area contributed by atoms with E-state index in [4.69, 9.17) is 0 Å². The molecule has 0 N–H and O–H groups in total. The first-order chi connectivity index (χ1) is 7.86. The molecule has 2 nitrogen and oxygen atoms in total. The molecule has 1 aromatic heterocycles. The SMILES string of the molecule is O=C([CH]Cc1ccccc1)c1cccnc1. The molecule has 0 saturated heterocycles. The number of pyridine rings is 1. The average Bonchev–Trinajstić information content (AvgIpc) is 2.38.